The molecule has 0 radical (unpaired) electrons. The zero-order chi connectivity index (χ0) is 7.98. The SMILES string of the molecule is O=C(O)C=CC=CC(=O)O.[H-].[Li+]. The average Bonchev–Trinajstić information content (AvgIpc) is 1.79. The number of rotatable bonds is 3. The van der Waals surface area contributed by atoms with Crippen molar-refractivity contribution in [3.05, 3.63) is 24.3 Å². The van der Waals surface area contributed by atoms with Gasteiger partial charge >= 0.3 is 30.8 Å². The van der Waals surface area contributed by atoms with Crippen LogP contribution in [0.3, 0.4) is 0 Å². The van der Waals surface area contributed by atoms with Gasteiger partial charge in [-0.2, -0.15) is 0 Å². The molecule has 0 bridgehead atoms. The van der Waals surface area contributed by atoms with E-state index < -0.39 is 11.9 Å². The fourth-order valence-electron chi connectivity index (χ4n) is 0.276. The predicted octanol–water partition coefficient (Wildman–Crippen LogP) is -2.62. The first-order valence-corrected chi connectivity index (χ1v) is 2.43. The van der Waals surface area contributed by atoms with E-state index in [0.717, 1.165) is 24.3 Å². The van der Waals surface area contributed by atoms with Gasteiger partial charge in [0, 0.05) is 12.2 Å². The molecule has 4 nitrogen and oxygen atoms in total. The molecule has 0 rings (SSSR count). The number of carboxylic acid groups (broad SMARTS) is 2. The van der Waals surface area contributed by atoms with Crippen LogP contribution in [0.5, 0.6) is 0 Å². The van der Waals surface area contributed by atoms with Gasteiger partial charge in [-0.25, -0.2) is 9.59 Å². The van der Waals surface area contributed by atoms with Crippen molar-refractivity contribution in [1.29, 1.82) is 0 Å². The van der Waals surface area contributed by atoms with E-state index in [1.54, 1.807) is 0 Å². The molecular formula is C6H7LiO4. The second kappa shape index (κ2) is 7.13. The van der Waals surface area contributed by atoms with Gasteiger partial charge in [-0.05, 0) is 0 Å². The monoisotopic (exact) mass is 150 g/mol. The Labute approximate surface area is 76.9 Å². The number of allylic oxidation sites excluding steroid dienone is 2. The van der Waals surface area contributed by atoms with Crippen LogP contribution in [0, 0.1) is 0 Å². The van der Waals surface area contributed by atoms with Gasteiger partial charge < -0.3 is 11.6 Å². The topological polar surface area (TPSA) is 74.6 Å². The van der Waals surface area contributed by atoms with Gasteiger partial charge in [0.2, 0.25) is 0 Å². The summed E-state index contributed by atoms with van der Waals surface area (Å²) in [5, 5.41) is 16.0. The number of aliphatic carboxylic acids is 2. The van der Waals surface area contributed by atoms with Crippen molar-refractivity contribution >= 4 is 11.9 Å². The Morgan fingerprint density at radius 1 is 1.00 bits per heavy atom. The van der Waals surface area contributed by atoms with Crippen molar-refractivity contribution in [2.75, 3.05) is 0 Å². The molecule has 5 heteroatoms. The molecule has 0 saturated heterocycles. The molecule has 2 N–H and O–H groups in total. The van der Waals surface area contributed by atoms with Crippen LogP contribution in [0.4, 0.5) is 0 Å². The first-order valence-electron chi connectivity index (χ1n) is 2.43. The fourth-order valence-corrected chi connectivity index (χ4v) is 0.276. The third-order valence-corrected chi connectivity index (χ3v) is 0.589. The molecule has 0 atom stereocenters. The van der Waals surface area contributed by atoms with Crippen molar-refractivity contribution in [3.8, 4) is 0 Å². The molecule has 0 saturated carbocycles. The van der Waals surface area contributed by atoms with E-state index in [0.29, 0.717) is 0 Å². The van der Waals surface area contributed by atoms with Gasteiger partial charge in [-0.1, -0.05) is 12.2 Å². The average molecular weight is 150 g/mol. The Hall–Kier alpha value is -0.983. The van der Waals surface area contributed by atoms with Crippen LogP contribution in [-0.4, -0.2) is 22.2 Å². The minimum absolute atomic E-state index is 0. The molecular weight excluding hydrogens is 143 g/mol. The Bertz CT molecular complexity index is 178. The molecule has 0 heterocycles. The van der Waals surface area contributed by atoms with Crippen molar-refractivity contribution in [2.24, 2.45) is 0 Å². The summed E-state index contributed by atoms with van der Waals surface area (Å²) >= 11 is 0. The summed E-state index contributed by atoms with van der Waals surface area (Å²) in [6.07, 6.45) is 3.96. The van der Waals surface area contributed by atoms with Crippen LogP contribution in [0.25, 0.3) is 0 Å². The molecule has 56 valence electrons. The summed E-state index contributed by atoms with van der Waals surface area (Å²) in [5.74, 6) is -2.20. The molecule has 0 amide bonds. The first kappa shape index (κ1) is 12.7. The molecule has 0 aromatic rings. The molecule has 0 aliphatic carbocycles. The van der Waals surface area contributed by atoms with E-state index in [4.69, 9.17) is 10.2 Å². The van der Waals surface area contributed by atoms with Gasteiger partial charge in [-0.15, -0.1) is 0 Å². The molecule has 0 fully saturated rings. The maximum atomic E-state index is 9.78. The third kappa shape index (κ3) is 12.3. The number of hydrogen-bond donors (Lipinski definition) is 2. The van der Waals surface area contributed by atoms with E-state index in [2.05, 4.69) is 0 Å². The van der Waals surface area contributed by atoms with Crippen LogP contribution in [0.15, 0.2) is 24.3 Å². The Balaban J connectivity index is -0.000000405. The van der Waals surface area contributed by atoms with E-state index in [-0.39, 0.29) is 20.3 Å². The third-order valence-electron chi connectivity index (χ3n) is 0.589. The Morgan fingerprint density at radius 3 is 1.45 bits per heavy atom. The molecule has 0 spiro atoms. The molecule has 0 unspecified atom stereocenters. The largest absolute Gasteiger partial charge is 1.00 e. The second-order valence-electron chi connectivity index (χ2n) is 1.39. The summed E-state index contributed by atoms with van der Waals surface area (Å²) in [7, 11) is 0. The molecule has 11 heavy (non-hydrogen) atoms. The normalized spacial score (nSPS) is 9.82. The van der Waals surface area contributed by atoms with Gasteiger partial charge in [0.25, 0.3) is 0 Å². The van der Waals surface area contributed by atoms with E-state index >= 15 is 0 Å². The van der Waals surface area contributed by atoms with Gasteiger partial charge in [0.1, 0.15) is 0 Å². The molecule has 0 aliphatic rings. The first-order chi connectivity index (χ1) is 4.63. The Kier molecular flexibility index (Phi) is 8.21. The van der Waals surface area contributed by atoms with E-state index in [1.807, 2.05) is 0 Å². The van der Waals surface area contributed by atoms with Crippen LogP contribution in [0.1, 0.15) is 1.43 Å². The maximum absolute atomic E-state index is 9.78. The van der Waals surface area contributed by atoms with Gasteiger partial charge in [0.15, 0.2) is 0 Å². The van der Waals surface area contributed by atoms with Crippen LogP contribution >= 0.6 is 0 Å². The summed E-state index contributed by atoms with van der Waals surface area (Å²) in [6.45, 7) is 0. The summed E-state index contributed by atoms with van der Waals surface area (Å²) in [5.41, 5.74) is 0. The fraction of sp³-hybridized carbons (Fsp3) is 0. The van der Waals surface area contributed by atoms with Crippen molar-refractivity contribution in [2.45, 2.75) is 0 Å². The van der Waals surface area contributed by atoms with Crippen LogP contribution in [-0.2, 0) is 9.59 Å². The summed E-state index contributed by atoms with van der Waals surface area (Å²) in [4.78, 5) is 19.6. The van der Waals surface area contributed by atoms with Crippen LogP contribution in [0.2, 0.25) is 0 Å². The standard InChI is InChI=1S/C6H6O4.Li.H/c7-5(8)3-1-2-4-6(9)10;;/h1-4H,(H,7,8)(H,9,10);;/q;+1;-1. The number of carboxylic acids is 2. The zero-order valence-corrected chi connectivity index (χ0v) is 6.02. The van der Waals surface area contributed by atoms with Gasteiger partial charge in [-0.3, -0.25) is 0 Å². The quantitative estimate of drug-likeness (QED) is 0.262. The van der Waals surface area contributed by atoms with Crippen molar-refractivity contribution < 1.29 is 40.1 Å². The summed E-state index contributed by atoms with van der Waals surface area (Å²) in [6, 6.07) is 0. The molecule has 0 aromatic heterocycles. The zero-order valence-electron chi connectivity index (χ0n) is 7.02. The Morgan fingerprint density at radius 2 is 1.27 bits per heavy atom. The molecule has 0 aliphatic heterocycles. The number of carbonyl (C=O) groups is 2. The van der Waals surface area contributed by atoms with Crippen LogP contribution < -0.4 is 18.9 Å². The summed E-state index contributed by atoms with van der Waals surface area (Å²) < 4.78 is 0. The van der Waals surface area contributed by atoms with Crippen molar-refractivity contribution in [3.63, 3.8) is 0 Å². The van der Waals surface area contributed by atoms with E-state index in [9.17, 15) is 9.59 Å². The predicted molar refractivity (Wildman–Crippen MR) is 34.7 cm³/mol. The minimum atomic E-state index is -1.10. The van der Waals surface area contributed by atoms with E-state index in [1.165, 1.54) is 0 Å². The smallest absolute Gasteiger partial charge is 1.00 e. The minimum Gasteiger partial charge on any atom is -1.00 e. The second-order valence-corrected chi connectivity index (χ2v) is 1.39. The van der Waals surface area contributed by atoms with Gasteiger partial charge in [0.05, 0.1) is 0 Å². The van der Waals surface area contributed by atoms with Crippen molar-refractivity contribution in [1.82, 2.24) is 0 Å². The maximum Gasteiger partial charge on any atom is 1.00 e. The number of hydrogen-bond acceptors (Lipinski definition) is 2. The molecule has 0 aromatic carbocycles.